The van der Waals surface area contributed by atoms with Crippen molar-refractivity contribution in [3.05, 3.63) is 63.9 Å². The number of hydrogen-bond acceptors (Lipinski definition) is 4. The number of benzene rings is 2. The Kier molecular flexibility index (Phi) is 7.89. The lowest BCUT2D eigenvalue weighted by atomic mass is 9.85. The molecule has 0 aromatic heterocycles. The van der Waals surface area contributed by atoms with Gasteiger partial charge in [-0.1, -0.05) is 17.7 Å². The molecule has 4 rings (SSSR count). The molecule has 0 saturated carbocycles. The maximum absolute atomic E-state index is 13.8. The van der Waals surface area contributed by atoms with Crippen molar-refractivity contribution >= 4 is 17.5 Å². The van der Waals surface area contributed by atoms with Crippen LogP contribution in [0.5, 0.6) is 5.75 Å². The van der Waals surface area contributed by atoms with E-state index in [2.05, 4.69) is 4.90 Å². The van der Waals surface area contributed by atoms with Crippen molar-refractivity contribution in [1.29, 1.82) is 0 Å². The molecule has 0 spiro atoms. The Morgan fingerprint density at radius 1 is 1.15 bits per heavy atom. The van der Waals surface area contributed by atoms with E-state index in [1.807, 2.05) is 30.0 Å². The van der Waals surface area contributed by atoms with Crippen molar-refractivity contribution in [2.45, 2.75) is 44.8 Å². The average Bonchev–Trinajstić information content (AvgIpc) is 3.31. The summed E-state index contributed by atoms with van der Waals surface area (Å²) < 4.78 is 25.5. The molecule has 2 aliphatic heterocycles. The molecule has 2 aromatic carbocycles. The summed E-state index contributed by atoms with van der Waals surface area (Å²) in [5.74, 6) is 0.600. The molecule has 0 radical (unpaired) electrons. The predicted molar refractivity (Wildman–Crippen MR) is 127 cm³/mol. The fourth-order valence-corrected chi connectivity index (χ4v) is 5.10. The summed E-state index contributed by atoms with van der Waals surface area (Å²) in [6.45, 7) is 5.94. The topological polar surface area (TPSA) is 42.0 Å². The highest BCUT2D eigenvalue weighted by molar-refractivity contribution is 6.31. The van der Waals surface area contributed by atoms with Crippen LogP contribution in [0, 0.1) is 12.7 Å². The number of likely N-dealkylation sites (tertiary alicyclic amines) is 2. The molecular formula is C26H32ClFN2O3. The van der Waals surface area contributed by atoms with Crippen molar-refractivity contribution < 1.29 is 18.7 Å². The lowest BCUT2D eigenvalue weighted by Crippen LogP contribution is -2.48. The van der Waals surface area contributed by atoms with Crippen LogP contribution in [0.4, 0.5) is 4.39 Å². The molecule has 2 atom stereocenters. The Hall–Kier alpha value is -2.15. The minimum atomic E-state index is -0.255. The van der Waals surface area contributed by atoms with E-state index in [0.29, 0.717) is 31.3 Å². The fourth-order valence-electron chi connectivity index (χ4n) is 4.93. The fraction of sp³-hybridized carbons (Fsp3) is 0.500. The third kappa shape index (κ3) is 5.86. The normalized spacial score (nSPS) is 21.4. The molecule has 0 bridgehead atoms. The van der Waals surface area contributed by atoms with E-state index in [-0.39, 0.29) is 23.7 Å². The molecule has 2 aromatic rings. The molecule has 0 N–H and O–H groups in total. The van der Waals surface area contributed by atoms with E-state index in [0.717, 1.165) is 54.8 Å². The number of methoxy groups -OCH3 is 1. The van der Waals surface area contributed by atoms with Crippen LogP contribution in [0.3, 0.4) is 0 Å². The van der Waals surface area contributed by atoms with Gasteiger partial charge in [0.25, 0.3) is 0 Å². The van der Waals surface area contributed by atoms with Crippen molar-refractivity contribution in [2.75, 3.05) is 39.8 Å². The number of carbonyl (C=O) groups is 1. The van der Waals surface area contributed by atoms with Gasteiger partial charge in [0.2, 0.25) is 5.91 Å². The first-order valence-electron chi connectivity index (χ1n) is 11.6. The van der Waals surface area contributed by atoms with Gasteiger partial charge in [-0.05, 0) is 86.3 Å². The van der Waals surface area contributed by atoms with Crippen LogP contribution < -0.4 is 4.74 Å². The number of hydrogen-bond donors (Lipinski definition) is 0. The number of aryl methyl sites for hydroxylation is 1. The van der Waals surface area contributed by atoms with E-state index in [4.69, 9.17) is 21.1 Å². The summed E-state index contributed by atoms with van der Waals surface area (Å²) in [6, 6.07) is 10.4. The highest BCUT2D eigenvalue weighted by Crippen LogP contribution is 2.33. The number of nitrogens with zero attached hydrogens (tertiary/aromatic N) is 2. The molecule has 2 heterocycles. The summed E-state index contributed by atoms with van der Waals surface area (Å²) in [4.78, 5) is 17.2. The molecule has 2 unspecified atom stereocenters. The predicted octanol–water partition coefficient (Wildman–Crippen LogP) is 4.79. The maximum Gasteiger partial charge on any atom is 0.236 e. The molecule has 2 aliphatic rings. The van der Waals surface area contributed by atoms with Gasteiger partial charge in [-0.2, -0.15) is 0 Å². The molecule has 1 amide bonds. The first kappa shape index (κ1) is 24.0. The molecule has 5 nitrogen and oxygen atoms in total. The highest BCUT2D eigenvalue weighted by atomic mass is 35.5. The van der Waals surface area contributed by atoms with Gasteiger partial charge in [0.05, 0.1) is 26.4 Å². The van der Waals surface area contributed by atoms with Crippen LogP contribution >= 0.6 is 11.6 Å². The monoisotopic (exact) mass is 474 g/mol. The molecule has 7 heteroatoms. The van der Waals surface area contributed by atoms with Gasteiger partial charge in [0.1, 0.15) is 11.6 Å². The number of amides is 1. The molecule has 0 aliphatic carbocycles. The molecule has 2 saturated heterocycles. The Morgan fingerprint density at radius 2 is 1.94 bits per heavy atom. The van der Waals surface area contributed by atoms with Gasteiger partial charge >= 0.3 is 0 Å². The van der Waals surface area contributed by atoms with Gasteiger partial charge in [-0.25, -0.2) is 4.39 Å². The van der Waals surface area contributed by atoms with Gasteiger partial charge in [0, 0.05) is 24.0 Å². The highest BCUT2D eigenvalue weighted by Gasteiger charge is 2.34. The van der Waals surface area contributed by atoms with Crippen molar-refractivity contribution in [3.8, 4) is 5.75 Å². The Labute approximate surface area is 200 Å². The van der Waals surface area contributed by atoms with Crippen LogP contribution in [0.1, 0.15) is 41.9 Å². The number of carbonyl (C=O) groups excluding carboxylic acids is 1. The van der Waals surface area contributed by atoms with Crippen LogP contribution in [-0.2, 0) is 16.1 Å². The molecule has 178 valence electrons. The Bertz CT molecular complexity index is 980. The van der Waals surface area contributed by atoms with E-state index in [1.54, 1.807) is 19.2 Å². The van der Waals surface area contributed by atoms with Crippen molar-refractivity contribution in [2.24, 2.45) is 0 Å². The number of rotatable bonds is 7. The standard InChI is InChI=1S/C26H32ClFN2O3/c1-18-13-20(28)5-7-22(18)23-15-30(26(31)16-29-10-3-4-11-29)12-9-25(23)33-17-19-14-21(32-2)6-8-24(19)27/h5-8,13-14,23,25H,3-4,9-12,15-17H2,1-2H3. The van der Waals surface area contributed by atoms with E-state index in [9.17, 15) is 9.18 Å². The van der Waals surface area contributed by atoms with Gasteiger partial charge in [-0.3, -0.25) is 9.69 Å². The van der Waals surface area contributed by atoms with Crippen molar-refractivity contribution in [3.63, 3.8) is 0 Å². The van der Waals surface area contributed by atoms with Crippen LogP contribution in [0.2, 0.25) is 5.02 Å². The first-order chi connectivity index (χ1) is 15.9. The zero-order valence-corrected chi connectivity index (χ0v) is 20.1. The zero-order valence-electron chi connectivity index (χ0n) is 19.4. The van der Waals surface area contributed by atoms with Gasteiger partial charge < -0.3 is 14.4 Å². The molecular weight excluding hydrogens is 443 g/mol. The Morgan fingerprint density at radius 3 is 2.67 bits per heavy atom. The van der Waals surface area contributed by atoms with Crippen molar-refractivity contribution in [1.82, 2.24) is 9.80 Å². The zero-order chi connectivity index (χ0) is 23.4. The summed E-state index contributed by atoms with van der Waals surface area (Å²) >= 11 is 6.38. The van der Waals surface area contributed by atoms with E-state index >= 15 is 0 Å². The van der Waals surface area contributed by atoms with Crippen LogP contribution in [-0.4, -0.2) is 61.6 Å². The van der Waals surface area contributed by atoms with Crippen LogP contribution in [0.25, 0.3) is 0 Å². The summed E-state index contributed by atoms with van der Waals surface area (Å²) in [7, 11) is 1.62. The minimum Gasteiger partial charge on any atom is -0.497 e. The summed E-state index contributed by atoms with van der Waals surface area (Å²) in [6.07, 6.45) is 2.93. The molecule has 2 fully saturated rings. The van der Waals surface area contributed by atoms with Crippen LogP contribution in [0.15, 0.2) is 36.4 Å². The van der Waals surface area contributed by atoms with E-state index < -0.39 is 0 Å². The maximum atomic E-state index is 13.8. The largest absolute Gasteiger partial charge is 0.497 e. The third-order valence-corrected chi connectivity index (χ3v) is 7.17. The lowest BCUT2D eigenvalue weighted by molar-refractivity contribution is -0.135. The number of halogens is 2. The average molecular weight is 475 g/mol. The quantitative estimate of drug-likeness (QED) is 0.578. The van der Waals surface area contributed by atoms with Gasteiger partial charge in [0.15, 0.2) is 0 Å². The first-order valence-corrected chi connectivity index (χ1v) is 12.0. The summed E-state index contributed by atoms with van der Waals surface area (Å²) in [5, 5.41) is 0.628. The van der Waals surface area contributed by atoms with Gasteiger partial charge in [-0.15, -0.1) is 0 Å². The second-order valence-electron chi connectivity index (χ2n) is 9.03. The SMILES string of the molecule is COc1ccc(Cl)c(COC2CCN(C(=O)CN3CCCC3)CC2c2ccc(F)cc2C)c1. The Balaban J connectivity index is 1.51. The number of piperidine rings is 1. The smallest absolute Gasteiger partial charge is 0.236 e. The molecule has 33 heavy (non-hydrogen) atoms. The summed E-state index contributed by atoms with van der Waals surface area (Å²) in [5.41, 5.74) is 2.76. The second kappa shape index (κ2) is 10.9. The third-order valence-electron chi connectivity index (χ3n) is 6.80. The minimum absolute atomic E-state index is 0.0359. The van der Waals surface area contributed by atoms with E-state index in [1.165, 1.54) is 6.07 Å². The lowest BCUT2D eigenvalue weighted by Gasteiger charge is -2.40. The second-order valence-corrected chi connectivity index (χ2v) is 9.43. The number of ether oxygens (including phenoxy) is 2.